The monoisotopic (exact) mass is 421 g/mol. The van der Waals surface area contributed by atoms with Gasteiger partial charge in [-0.05, 0) is 42.0 Å². The van der Waals surface area contributed by atoms with Gasteiger partial charge in [0.05, 0.1) is 10.6 Å². The highest BCUT2D eigenvalue weighted by Gasteiger charge is 2.12. The van der Waals surface area contributed by atoms with Crippen molar-refractivity contribution in [1.82, 2.24) is 0 Å². The fourth-order valence-electron chi connectivity index (χ4n) is 3.03. The van der Waals surface area contributed by atoms with Gasteiger partial charge in [-0.25, -0.2) is 4.79 Å². The number of hydrogen-bond acceptors (Lipinski definition) is 6. The van der Waals surface area contributed by atoms with E-state index in [9.17, 15) is 14.9 Å². The summed E-state index contributed by atoms with van der Waals surface area (Å²) in [5.74, 6) is 0. The third-order valence-electron chi connectivity index (χ3n) is 4.54. The standard InChI is InChI=1S/C22H16ClN3O4/c23-19-4-2-1-3-14(19)13-24-15-5-7-16(8-6-15)25-20-12-22(27)30-21-10-9-17(26(28)29)11-18(20)21/h1-12,24-25H,13H2. The molecule has 1 heterocycles. The zero-order valence-corrected chi connectivity index (χ0v) is 16.3. The van der Waals surface area contributed by atoms with Crippen molar-refractivity contribution in [3.8, 4) is 0 Å². The van der Waals surface area contributed by atoms with Crippen LogP contribution in [0.5, 0.6) is 0 Å². The molecule has 0 aliphatic rings. The lowest BCUT2D eigenvalue weighted by molar-refractivity contribution is -0.384. The van der Waals surface area contributed by atoms with Gasteiger partial charge in [0.15, 0.2) is 0 Å². The average Bonchev–Trinajstić information content (AvgIpc) is 2.74. The van der Waals surface area contributed by atoms with Crippen LogP contribution in [0.1, 0.15) is 5.56 Å². The smallest absolute Gasteiger partial charge is 0.338 e. The molecule has 0 bridgehead atoms. The number of rotatable bonds is 6. The van der Waals surface area contributed by atoms with E-state index in [1.54, 1.807) is 0 Å². The van der Waals surface area contributed by atoms with Crippen LogP contribution in [0.3, 0.4) is 0 Å². The molecule has 0 radical (unpaired) electrons. The van der Waals surface area contributed by atoms with E-state index in [0.717, 1.165) is 16.9 Å². The Morgan fingerprint density at radius 3 is 2.43 bits per heavy atom. The van der Waals surface area contributed by atoms with E-state index >= 15 is 0 Å². The fourth-order valence-corrected chi connectivity index (χ4v) is 3.24. The zero-order valence-electron chi connectivity index (χ0n) is 15.6. The average molecular weight is 422 g/mol. The van der Waals surface area contributed by atoms with Crippen molar-refractivity contribution >= 4 is 45.3 Å². The number of anilines is 3. The third-order valence-corrected chi connectivity index (χ3v) is 4.91. The number of benzene rings is 3. The summed E-state index contributed by atoms with van der Waals surface area (Å²) < 4.78 is 5.14. The largest absolute Gasteiger partial charge is 0.423 e. The summed E-state index contributed by atoms with van der Waals surface area (Å²) in [6.45, 7) is 0.584. The van der Waals surface area contributed by atoms with Crippen LogP contribution in [-0.4, -0.2) is 4.92 Å². The van der Waals surface area contributed by atoms with Crippen LogP contribution in [0, 0.1) is 10.1 Å². The molecule has 0 atom stereocenters. The molecule has 8 heteroatoms. The molecule has 2 N–H and O–H groups in total. The lowest BCUT2D eigenvalue weighted by atomic mass is 10.1. The molecule has 0 saturated heterocycles. The van der Waals surface area contributed by atoms with Gasteiger partial charge in [-0.15, -0.1) is 0 Å². The van der Waals surface area contributed by atoms with E-state index in [1.807, 2.05) is 48.5 Å². The van der Waals surface area contributed by atoms with Crippen LogP contribution >= 0.6 is 11.6 Å². The minimum atomic E-state index is -0.545. The van der Waals surface area contributed by atoms with Crippen molar-refractivity contribution in [3.05, 3.63) is 104 Å². The van der Waals surface area contributed by atoms with Crippen LogP contribution in [0.2, 0.25) is 5.02 Å². The summed E-state index contributed by atoms with van der Waals surface area (Å²) in [6.07, 6.45) is 0. The maximum absolute atomic E-state index is 11.9. The Morgan fingerprint density at radius 2 is 1.70 bits per heavy atom. The first-order chi connectivity index (χ1) is 14.5. The van der Waals surface area contributed by atoms with Crippen LogP contribution in [0.25, 0.3) is 11.0 Å². The van der Waals surface area contributed by atoms with E-state index < -0.39 is 10.5 Å². The Hall–Kier alpha value is -3.84. The minimum absolute atomic E-state index is 0.0847. The maximum atomic E-state index is 11.9. The summed E-state index contributed by atoms with van der Waals surface area (Å²) in [4.78, 5) is 22.4. The Morgan fingerprint density at radius 1 is 0.967 bits per heavy atom. The lowest BCUT2D eigenvalue weighted by Gasteiger charge is -2.11. The molecule has 7 nitrogen and oxygen atoms in total. The molecule has 30 heavy (non-hydrogen) atoms. The predicted octanol–water partition coefficient (Wildman–Crippen LogP) is 5.71. The summed E-state index contributed by atoms with van der Waals surface area (Å²) in [6, 6.07) is 20.4. The molecule has 0 fully saturated rings. The van der Waals surface area contributed by atoms with E-state index in [4.69, 9.17) is 16.0 Å². The lowest BCUT2D eigenvalue weighted by Crippen LogP contribution is -2.02. The number of nitro benzene ring substituents is 1. The summed E-state index contributed by atoms with van der Waals surface area (Å²) in [7, 11) is 0. The molecule has 4 rings (SSSR count). The van der Waals surface area contributed by atoms with Gasteiger partial charge in [-0.1, -0.05) is 29.8 Å². The Bertz CT molecular complexity index is 1290. The van der Waals surface area contributed by atoms with Gasteiger partial charge in [-0.3, -0.25) is 10.1 Å². The molecule has 0 aliphatic carbocycles. The predicted molar refractivity (Wildman–Crippen MR) is 118 cm³/mol. The first-order valence-corrected chi connectivity index (χ1v) is 9.44. The van der Waals surface area contributed by atoms with Gasteiger partial charge in [0.25, 0.3) is 5.69 Å². The van der Waals surface area contributed by atoms with Crippen LogP contribution < -0.4 is 16.3 Å². The number of halogens is 1. The van der Waals surface area contributed by atoms with E-state index in [0.29, 0.717) is 22.6 Å². The van der Waals surface area contributed by atoms with Gasteiger partial charge >= 0.3 is 5.63 Å². The van der Waals surface area contributed by atoms with Crippen LogP contribution in [-0.2, 0) is 6.54 Å². The van der Waals surface area contributed by atoms with Gasteiger partial charge < -0.3 is 15.1 Å². The summed E-state index contributed by atoms with van der Waals surface area (Å²) >= 11 is 6.17. The molecule has 4 aromatic rings. The quantitative estimate of drug-likeness (QED) is 0.235. The van der Waals surface area contributed by atoms with Crippen molar-refractivity contribution in [2.75, 3.05) is 10.6 Å². The first-order valence-electron chi connectivity index (χ1n) is 9.06. The second-order valence-corrected chi connectivity index (χ2v) is 6.97. The third kappa shape index (κ3) is 4.26. The Kier molecular flexibility index (Phi) is 5.36. The zero-order chi connectivity index (χ0) is 21.1. The molecule has 150 valence electrons. The highest BCUT2D eigenvalue weighted by Crippen LogP contribution is 2.29. The highest BCUT2D eigenvalue weighted by atomic mass is 35.5. The summed E-state index contributed by atoms with van der Waals surface area (Å²) in [5.41, 5.74) is 2.68. The molecule has 0 amide bonds. The SMILES string of the molecule is O=c1cc(Nc2ccc(NCc3ccccc3Cl)cc2)c2cc([N+](=O)[O-])ccc2o1. The molecule has 1 aromatic heterocycles. The number of nitro groups is 1. The van der Waals surface area contributed by atoms with E-state index in [2.05, 4.69) is 10.6 Å². The molecule has 0 spiro atoms. The van der Waals surface area contributed by atoms with E-state index in [-0.39, 0.29) is 11.3 Å². The minimum Gasteiger partial charge on any atom is -0.423 e. The Balaban J connectivity index is 1.55. The Labute approximate surface area is 176 Å². The maximum Gasteiger partial charge on any atom is 0.338 e. The van der Waals surface area contributed by atoms with Gasteiger partial charge in [0.1, 0.15) is 5.58 Å². The molecule has 0 saturated carbocycles. The van der Waals surface area contributed by atoms with Crippen molar-refractivity contribution < 1.29 is 9.34 Å². The molecule has 3 aromatic carbocycles. The van der Waals surface area contributed by atoms with Crippen LogP contribution in [0.4, 0.5) is 22.7 Å². The second kappa shape index (κ2) is 8.26. The summed E-state index contributed by atoms with van der Waals surface area (Å²) in [5, 5.41) is 18.7. The normalized spacial score (nSPS) is 10.7. The van der Waals surface area contributed by atoms with Crippen molar-refractivity contribution in [3.63, 3.8) is 0 Å². The number of fused-ring (bicyclic) bond motifs is 1. The second-order valence-electron chi connectivity index (χ2n) is 6.56. The molecular formula is C22H16ClN3O4. The molecule has 0 aliphatic heterocycles. The topological polar surface area (TPSA) is 97.4 Å². The van der Waals surface area contributed by atoms with Crippen molar-refractivity contribution in [2.24, 2.45) is 0 Å². The van der Waals surface area contributed by atoms with Crippen molar-refractivity contribution in [1.29, 1.82) is 0 Å². The van der Waals surface area contributed by atoms with Crippen LogP contribution in [0.15, 0.2) is 82.0 Å². The first kappa shape index (κ1) is 19.5. The number of nitrogens with one attached hydrogen (secondary N) is 2. The number of hydrogen-bond donors (Lipinski definition) is 2. The van der Waals surface area contributed by atoms with Gasteiger partial charge in [-0.2, -0.15) is 0 Å². The highest BCUT2D eigenvalue weighted by molar-refractivity contribution is 6.31. The molecular weight excluding hydrogens is 406 g/mol. The number of non-ortho nitro benzene ring substituents is 1. The van der Waals surface area contributed by atoms with Gasteiger partial charge in [0, 0.05) is 46.5 Å². The van der Waals surface area contributed by atoms with Gasteiger partial charge in [0.2, 0.25) is 0 Å². The number of nitrogens with zero attached hydrogens (tertiary/aromatic N) is 1. The molecule has 0 unspecified atom stereocenters. The van der Waals surface area contributed by atoms with Crippen molar-refractivity contribution in [2.45, 2.75) is 6.54 Å². The van der Waals surface area contributed by atoms with E-state index in [1.165, 1.54) is 24.3 Å². The fraction of sp³-hybridized carbons (Fsp3) is 0.0455.